The standard InChI is InChI=1S/2C16H14F2O4/c1-2-9-3-13(15(20)7-14(9)19)16(21)8-22-12-5-10(17)4-11(18)6-12;1-2-9-5-11(15(20)7-14(9)19)16(21)8-22-10-3-4-12(17)13(18)6-10/h2*3-7,19-20H,2,8H2,1H3. The van der Waals surface area contributed by atoms with Crippen LogP contribution in [0.4, 0.5) is 17.6 Å². The fourth-order valence-electron chi connectivity index (χ4n) is 3.89. The fraction of sp³-hybridized carbons (Fsp3) is 0.188. The molecular formula is C32H28F4O8. The first-order chi connectivity index (χ1) is 20.8. The molecule has 4 rings (SSSR count). The molecule has 0 heterocycles. The summed E-state index contributed by atoms with van der Waals surface area (Å²) in [5, 5.41) is 38.6. The zero-order valence-corrected chi connectivity index (χ0v) is 23.5. The number of phenolic OH excluding ortho intramolecular Hbond substituents is 4. The predicted molar refractivity (Wildman–Crippen MR) is 151 cm³/mol. The molecule has 4 N–H and O–H groups in total. The smallest absolute Gasteiger partial charge is 0.203 e. The number of benzene rings is 4. The van der Waals surface area contributed by atoms with Crippen molar-refractivity contribution in [2.45, 2.75) is 26.7 Å². The van der Waals surface area contributed by atoms with Gasteiger partial charge in [0.15, 0.2) is 24.8 Å². The van der Waals surface area contributed by atoms with E-state index in [1.807, 2.05) is 0 Å². The van der Waals surface area contributed by atoms with Gasteiger partial charge in [-0.1, -0.05) is 13.8 Å². The molecule has 0 spiro atoms. The van der Waals surface area contributed by atoms with Crippen molar-refractivity contribution < 1.29 is 57.1 Å². The molecule has 0 saturated heterocycles. The minimum Gasteiger partial charge on any atom is -0.508 e. The normalized spacial score (nSPS) is 10.5. The third-order valence-electron chi connectivity index (χ3n) is 6.22. The van der Waals surface area contributed by atoms with Crippen LogP contribution in [0.5, 0.6) is 34.5 Å². The number of Topliss-reactive ketones (excluding diaryl/α,β-unsaturated/α-hetero) is 2. The first-order valence-electron chi connectivity index (χ1n) is 13.2. The number of hydrogen-bond acceptors (Lipinski definition) is 8. The highest BCUT2D eigenvalue weighted by Crippen LogP contribution is 2.29. The van der Waals surface area contributed by atoms with Crippen molar-refractivity contribution in [1.82, 2.24) is 0 Å². The van der Waals surface area contributed by atoms with Crippen LogP contribution >= 0.6 is 0 Å². The van der Waals surface area contributed by atoms with Gasteiger partial charge in [-0.15, -0.1) is 0 Å². The first-order valence-corrected chi connectivity index (χ1v) is 13.2. The maximum Gasteiger partial charge on any atom is 0.203 e. The summed E-state index contributed by atoms with van der Waals surface area (Å²) in [6.07, 6.45) is 0.957. The molecule has 12 heteroatoms. The van der Waals surface area contributed by atoms with Crippen LogP contribution in [0.3, 0.4) is 0 Å². The topological polar surface area (TPSA) is 134 Å². The second kappa shape index (κ2) is 14.8. The van der Waals surface area contributed by atoms with Gasteiger partial charge in [0, 0.05) is 36.4 Å². The third kappa shape index (κ3) is 8.63. The molecule has 4 aromatic rings. The summed E-state index contributed by atoms with van der Waals surface area (Å²) in [7, 11) is 0. The summed E-state index contributed by atoms with van der Waals surface area (Å²) in [5.41, 5.74) is 0.982. The lowest BCUT2D eigenvalue weighted by Gasteiger charge is -2.09. The molecule has 0 aromatic heterocycles. The van der Waals surface area contributed by atoms with Gasteiger partial charge in [0.1, 0.15) is 46.1 Å². The van der Waals surface area contributed by atoms with E-state index in [2.05, 4.69) is 0 Å². The highest BCUT2D eigenvalue weighted by atomic mass is 19.2. The lowest BCUT2D eigenvalue weighted by Crippen LogP contribution is -2.12. The summed E-state index contributed by atoms with van der Waals surface area (Å²) < 4.78 is 62.0. The number of carbonyl (C=O) groups is 2. The minimum absolute atomic E-state index is 0.00114. The van der Waals surface area contributed by atoms with E-state index in [9.17, 15) is 47.6 Å². The second-order valence-corrected chi connectivity index (χ2v) is 9.31. The summed E-state index contributed by atoms with van der Waals surface area (Å²) in [6.45, 7) is 2.63. The van der Waals surface area contributed by atoms with Crippen molar-refractivity contribution in [3.8, 4) is 34.5 Å². The van der Waals surface area contributed by atoms with E-state index in [1.54, 1.807) is 13.8 Å². The minimum atomic E-state index is -1.08. The Balaban J connectivity index is 0.000000240. The average Bonchev–Trinajstić information content (AvgIpc) is 2.96. The van der Waals surface area contributed by atoms with Gasteiger partial charge >= 0.3 is 0 Å². The monoisotopic (exact) mass is 616 g/mol. The number of aryl methyl sites for hydroxylation is 2. The molecule has 8 nitrogen and oxygen atoms in total. The van der Waals surface area contributed by atoms with E-state index < -0.39 is 48.0 Å². The van der Waals surface area contributed by atoms with E-state index in [4.69, 9.17) is 9.47 Å². The quantitative estimate of drug-likeness (QED) is 0.119. The Morgan fingerprint density at radius 1 is 0.568 bits per heavy atom. The largest absolute Gasteiger partial charge is 0.508 e. The molecule has 232 valence electrons. The number of halogens is 4. The molecule has 44 heavy (non-hydrogen) atoms. The van der Waals surface area contributed by atoms with Crippen LogP contribution in [0.25, 0.3) is 0 Å². The molecule has 0 radical (unpaired) electrons. The molecule has 0 bridgehead atoms. The molecule has 0 amide bonds. The van der Waals surface area contributed by atoms with Crippen molar-refractivity contribution in [3.05, 3.63) is 106 Å². The summed E-state index contributed by atoms with van der Waals surface area (Å²) in [5.74, 6) is -5.92. The van der Waals surface area contributed by atoms with Crippen LogP contribution in [-0.2, 0) is 12.8 Å². The molecule has 0 fully saturated rings. The first kappa shape index (κ1) is 33.2. The number of ketones is 2. The Hall–Kier alpha value is -5.26. The van der Waals surface area contributed by atoms with E-state index >= 15 is 0 Å². The zero-order chi connectivity index (χ0) is 32.6. The molecule has 0 atom stereocenters. The summed E-state index contributed by atoms with van der Waals surface area (Å²) >= 11 is 0. The SMILES string of the molecule is CCc1cc(C(=O)COc2cc(F)cc(F)c2)c(O)cc1O.CCc1cc(C(=O)COc2ccc(F)c(F)c2)c(O)cc1O. The van der Waals surface area contributed by atoms with Gasteiger partial charge in [-0.05, 0) is 48.2 Å². The average molecular weight is 617 g/mol. The summed E-state index contributed by atoms with van der Waals surface area (Å²) in [6, 6.07) is 10.4. The van der Waals surface area contributed by atoms with Crippen LogP contribution in [0.1, 0.15) is 45.7 Å². The Kier molecular flexibility index (Phi) is 11.2. The highest BCUT2D eigenvalue weighted by molar-refractivity contribution is 6.00. The molecule has 0 aliphatic heterocycles. The van der Waals surface area contributed by atoms with E-state index in [0.29, 0.717) is 30.0 Å². The van der Waals surface area contributed by atoms with Gasteiger partial charge in [0.05, 0.1) is 11.1 Å². The van der Waals surface area contributed by atoms with Crippen molar-refractivity contribution in [1.29, 1.82) is 0 Å². The lowest BCUT2D eigenvalue weighted by molar-refractivity contribution is 0.0911. The number of phenols is 4. The van der Waals surface area contributed by atoms with E-state index in [1.165, 1.54) is 18.2 Å². The van der Waals surface area contributed by atoms with Crippen molar-refractivity contribution in [3.63, 3.8) is 0 Å². The van der Waals surface area contributed by atoms with Crippen LogP contribution in [0, 0.1) is 23.3 Å². The molecule has 0 aliphatic rings. The fourth-order valence-corrected chi connectivity index (χ4v) is 3.89. The van der Waals surface area contributed by atoms with Gasteiger partial charge in [-0.25, -0.2) is 17.6 Å². The van der Waals surface area contributed by atoms with Gasteiger partial charge < -0.3 is 29.9 Å². The zero-order valence-electron chi connectivity index (χ0n) is 23.5. The molecule has 0 aliphatic carbocycles. The van der Waals surface area contributed by atoms with Crippen molar-refractivity contribution in [2.75, 3.05) is 13.2 Å². The van der Waals surface area contributed by atoms with E-state index in [0.717, 1.165) is 36.4 Å². The summed E-state index contributed by atoms with van der Waals surface area (Å²) in [4.78, 5) is 24.1. The highest BCUT2D eigenvalue weighted by Gasteiger charge is 2.17. The van der Waals surface area contributed by atoms with Crippen LogP contribution < -0.4 is 9.47 Å². The maximum atomic E-state index is 13.0. The van der Waals surface area contributed by atoms with Gasteiger partial charge in [0.2, 0.25) is 11.6 Å². The molecule has 0 unspecified atom stereocenters. The number of carbonyl (C=O) groups excluding carboxylic acids is 2. The van der Waals surface area contributed by atoms with Crippen LogP contribution in [0.15, 0.2) is 60.7 Å². The van der Waals surface area contributed by atoms with Crippen molar-refractivity contribution in [2.24, 2.45) is 0 Å². The Labute approximate surface area is 249 Å². The van der Waals surface area contributed by atoms with Gasteiger partial charge in [0.25, 0.3) is 0 Å². The molecule has 0 saturated carbocycles. The van der Waals surface area contributed by atoms with Crippen LogP contribution in [-0.4, -0.2) is 45.2 Å². The number of rotatable bonds is 10. The Bertz CT molecular complexity index is 1650. The Morgan fingerprint density at radius 2 is 1.02 bits per heavy atom. The maximum absolute atomic E-state index is 13.0. The molecule has 4 aromatic carbocycles. The Morgan fingerprint density at radius 3 is 1.45 bits per heavy atom. The van der Waals surface area contributed by atoms with Gasteiger partial charge in [-0.3, -0.25) is 9.59 Å². The second-order valence-electron chi connectivity index (χ2n) is 9.31. The number of aromatic hydroxyl groups is 4. The third-order valence-corrected chi connectivity index (χ3v) is 6.22. The number of hydrogen-bond donors (Lipinski definition) is 4. The number of ether oxygens (including phenoxy) is 2. The molecular weight excluding hydrogens is 588 g/mol. The van der Waals surface area contributed by atoms with Crippen molar-refractivity contribution >= 4 is 11.6 Å². The lowest BCUT2D eigenvalue weighted by atomic mass is 10.0. The van der Waals surface area contributed by atoms with E-state index in [-0.39, 0.29) is 45.6 Å². The van der Waals surface area contributed by atoms with Crippen LogP contribution in [0.2, 0.25) is 0 Å². The predicted octanol–water partition coefficient (Wildman–Crippen LogP) is 6.40. The van der Waals surface area contributed by atoms with Gasteiger partial charge in [-0.2, -0.15) is 0 Å².